The number of hydrogen-bond donors (Lipinski definition) is 0. The maximum absolute atomic E-state index is 13.2. The third-order valence-electron chi connectivity index (χ3n) is 5.15. The van der Waals surface area contributed by atoms with Crippen molar-refractivity contribution in [3.8, 4) is 0 Å². The van der Waals surface area contributed by atoms with Gasteiger partial charge in [-0.25, -0.2) is 8.42 Å². The Bertz CT molecular complexity index is 1120. The van der Waals surface area contributed by atoms with Crippen LogP contribution in [0.2, 0.25) is 0 Å². The lowest BCUT2D eigenvalue weighted by atomic mass is 10.0. The number of furan rings is 1. The molecule has 1 aliphatic heterocycles. The Kier molecular flexibility index (Phi) is 5.29. The first kappa shape index (κ1) is 19.2. The highest BCUT2D eigenvalue weighted by molar-refractivity contribution is 9.10. The second kappa shape index (κ2) is 7.72. The van der Waals surface area contributed by atoms with Crippen LogP contribution in [0, 0.1) is 0 Å². The molecule has 5 nitrogen and oxygen atoms in total. The molecule has 4 rings (SSSR count). The van der Waals surface area contributed by atoms with Crippen molar-refractivity contribution in [2.75, 3.05) is 11.5 Å². The molecule has 7 heteroatoms. The zero-order valence-corrected chi connectivity index (χ0v) is 17.6. The van der Waals surface area contributed by atoms with Crippen molar-refractivity contribution in [3.05, 3.63) is 70.6 Å². The van der Waals surface area contributed by atoms with Gasteiger partial charge in [-0.15, -0.1) is 0 Å². The van der Waals surface area contributed by atoms with Crippen LogP contribution in [0.1, 0.15) is 17.7 Å². The molecule has 0 aliphatic carbocycles. The van der Waals surface area contributed by atoms with E-state index in [2.05, 4.69) is 15.9 Å². The van der Waals surface area contributed by atoms with Crippen LogP contribution in [0.25, 0.3) is 10.8 Å². The minimum atomic E-state index is -3.10. The van der Waals surface area contributed by atoms with Crippen molar-refractivity contribution in [1.82, 2.24) is 4.90 Å². The normalized spacial score (nSPS) is 18.4. The van der Waals surface area contributed by atoms with Crippen LogP contribution in [-0.4, -0.2) is 36.8 Å². The first-order valence-corrected chi connectivity index (χ1v) is 11.7. The lowest BCUT2D eigenvalue weighted by molar-refractivity contribution is -0.133. The lowest BCUT2D eigenvalue weighted by Gasteiger charge is -2.28. The van der Waals surface area contributed by atoms with E-state index in [0.29, 0.717) is 16.9 Å². The summed E-state index contributed by atoms with van der Waals surface area (Å²) in [6.45, 7) is 0.259. The van der Waals surface area contributed by atoms with Gasteiger partial charge in [0.15, 0.2) is 14.5 Å². The largest absolute Gasteiger partial charge is 0.452 e. The number of hydrogen-bond acceptors (Lipinski definition) is 4. The minimum absolute atomic E-state index is 0.0101. The highest BCUT2D eigenvalue weighted by Crippen LogP contribution is 2.25. The summed E-state index contributed by atoms with van der Waals surface area (Å²) in [4.78, 5) is 14.9. The predicted octanol–water partition coefficient (Wildman–Crippen LogP) is 3.95. The number of benzene rings is 2. The molecular weight excluding hydrogens is 442 g/mol. The fourth-order valence-electron chi connectivity index (χ4n) is 3.76. The average Bonchev–Trinajstić information content (AvgIpc) is 3.24. The number of amides is 1. The van der Waals surface area contributed by atoms with Crippen molar-refractivity contribution in [1.29, 1.82) is 0 Å². The summed E-state index contributed by atoms with van der Waals surface area (Å²) in [5, 5.41) is 2.12. The smallest absolute Gasteiger partial charge is 0.227 e. The van der Waals surface area contributed by atoms with Gasteiger partial charge in [0.1, 0.15) is 5.76 Å². The molecule has 0 radical (unpaired) electrons. The number of fused-ring (bicyclic) bond motifs is 1. The van der Waals surface area contributed by atoms with Crippen molar-refractivity contribution in [3.63, 3.8) is 0 Å². The molecule has 1 fully saturated rings. The molecule has 1 aromatic heterocycles. The fourth-order valence-corrected chi connectivity index (χ4v) is 5.83. The fraction of sp³-hybridized carbons (Fsp3) is 0.286. The van der Waals surface area contributed by atoms with E-state index < -0.39 is 9.84 Å². The number of carbonyl (C=O) groups excluding carboxylic acids is 1. The third kappa shape index (κ3) is 4.15. The highest BCUT2D eigenvalue weighted by Gasteiger charge is 2.35. The van der Waals surface area contributed by atoms with Crippen LogP contribution in [0.5, 0.6) is 0 Å². The van der Waals surface area contributed by atoms with E-state index >= 15 is 0 Å². The minimum Gasteiger partial charge on any atom is -0.452 e. The van der Waals surface area contributed by atoms with Gasteiger partial charge in [-0.2, -0.15) is 0 Å². The van der Waals surface area contributed by atoms with E-state index in [1.165, 1.54) is 0 Å². The molecule has 2 aromatic carbocycles. The Labute approximate surface area is 172 Å². The molecule has 1 amide bonds. The zero-order chi connectivity index (χ0) is 19.7. The summed E-state index contributed by atoms with van der Waals surface area (Å²) in [5.74, 6) is 0.668. The summed E-state index contributed by atoms with van der Waals surface area (Å²) in [6, 6.07) is 17.1. The van der Waals surface area contributed by atoms with E-state index in [-0.39, 0.29) is 36.4 Å². The number of rotatable bonds is 5. The molecule has 1 saturated heterocycles. The van der Waals surface area contributed by atoms with E-state index in [1.807, 2.05) is 42.5 Å². The quantitative estimate of drug-likeness (QED) is 0.576. The predicted molar refractivity (Wildman–Crippen MR) is 112 cm³/mol. The summed E-state index contributed by atoms with van der Waals surface area (Å²) in [7, 11) is -3.10. The van der Waals surface area contributed by atoms with Crippen LogP contribution < -0.4 is 0 Å². The van der Waals surface area contributed by atoms with Gasteiger partial charge in [0.05, 0.1) is 24.5 Å². The maximum Gasteiger partial charge on any atom is 0.227 e. The Morgan fingerprint density at radius 1 is 1.11 bits per heavy atom. The Hall–Kier alpha value is -2.12. The van der Waals surface area contributed by atoms with Crippen LogP contribution in [0.15, 0.2) is 63.7 Å². The van der Waals surface area contributed by atoms with Crippen molar-refractivity contribution < 1.29 is 17.6 Å². The first-order chi connectivity index (χ1) is 13.4. The van der Waals surface area contributed by atoms with Crippen molar-refractivity contribution in [2.45, 2.75) is 25.4 Å². The summed E-state index contributed by atoms with van der Waals surface area (Å²) in [6.07, 6.45) is 0.686. The highest BCUT2D eigenvalue weighted by atomic mass is 79.9. The molecule has 0 spiro atoms. The Morgan fingerprint density at radius 2 is 1.89 bits per heavy atom. The van der Waals surface area contributed by atoms with E-state index in [0.717, 1.165) is 16.3 Å². The van der Waals surface area contributed by atoms with Crippen LogP contribution in [0.4, 0.5) is 0 Å². The van der Waals surface area contributed by atoms with Gasteiger partial charge in [0.25, 0.3) is 0 Å². The van der Waals surface area contributed by atoms with Gasteiger partial charge >= 0.3 is 0 Å². The standard InChI is InChI=1S/C21H20BrNO4S/c22-20-9-8-18(27-20)13-23(17-10-11-28(25,26)14-17)21(24)12-16-6-3-5-15-4-1-2-7-19(15)16/h1-9,17H,10-14H2/t17-/m1/s1. The zero-order valence-electron chi connectivity index (χ0n) is 15.2. The molecule has 1 aliphatic rings. The van der Waals surface area contributed by atoms with E-state index in [9.17, 15) is 13.2 Å². The number of carbonyl (C=O) groups is 1. The molecule has 0 N–H and O–H groups in total. The van der Waals surface area contributed by atoms with Crippen LogP contribution in [-0.2, 0) is 27.6 Å². The second-order valence-corrected chi connectivity index (χ2v) is 10.1. The Balaban J connectivity index is 1.62. The molecule has 28 heavy (non-hydrogen) atoms. The van der Waals surface area contributed by atoms with Gasteiger partial charge < -0.3 is 9.32 Å². The molecule has 1 atom stereocenters. The monoisotopic (exact) mass is 461 g/mol. The van der Waals surface area contributed by atoms with E-state index in [1.54, 1.807) is 17.0 Å². The van der Waals surface area contributed by atoms with Gasteiger partial charge in [-0.1, -0.05) is 42.5 Å². The third-order valence-corrected chi connectivity index (χ3v) is 7.32. The topological polar surface area (TPSA) is 67.6 Å². The summed E-state index contributed by atoms with van der Waals surface area (Å²) >= 11 is 3.28. The summed E-state index contributed by atoms with van der Waals surface area (Å²) in [5.41, 5.74) is 0.939. The number of halogens is 1. The average molecular weight is 462 g/mol. The van der Waals surface area contributed by atoms with Crippen LogP contribution in [0.3, 0.4) is 0 Å². The maximum atomic E-state index is 13.2. The number of nitrogens with zero attached hydrogens (tertiary/aromatic N) is 1. The molecule has 3 aromatic rings. The second-order valence-electron chi connectivity index (χ2n) is 7.10. The lowest BCUT2D eigenvalue weighted by Crippen LogP contribution is -2.41. The molecule has 0 bridgehead atoms. The van der Waals surface area contributed by atoms with Gasteiger partial charge in [-0.05, 0) is 50.8 Å². The molecular formula is C21H20BrNO4S. The van der Waals surface area contributed by atoms with Gasteiger partial charge in [0.2, 0.25) is 5.91 Å². The molecule has 0 unspecified atom stereocenters. The molecule has 2 heterocycles. The Morgan fingerprint density at radius 3 is 2.61 bits per heavy atom. The SMILES string of the molecule is O=C(Cc1cccc2ccccc12)N(Cc1ccc(Br)o1)[C@@H]1CCS(=O)(=O)C1. The van der Waals surface area contributed by atoms with Crippen LogP contribution >= 0.6 is 15.9 Å². The van der Waals surface area contributed by atoms with Crippen molar-refractivity contribution >= 4 is 42.4 Å². The van der Waals surface area contributed by atoms with Gasteiger partial charge in [-0.3, -0.25) is 4.79 Å². The van der Waals surface area contributed by atoms with E-state index in [4.69, 9.17) is 4.42 Å². The molecule has 146 valence electrons. The molecule has 0 saturated carbocycles. The summed E-state index contributed by atoms with van der Waals surface area (Å²) < 4.78 is 30.1. The number of sulfone groups is 1. The van der Waals surface area contributed by atoms with Gasteiger partial charge in [0, 0.05) is 6.04 Å². The first-order valence-electron chi connectivity index (χ1n) is 9.12. The van der Waals surface area contributed by atoms with Crippen molar-refractivity contribution in [2.24, 2.45) is 0 Å².